The van der Waals surface area contributed by atoms with Gasteiger partial charge in [0.2, 0.25) is 0 Å². The zero-order valence-corrected chi connectivity index (χ0v) is 20.0. The minimum Gasteiger partial charge on any atom is -0.126 e. The summed E-state index contributed by atoms with van der Waals surface area (Å²) in [6.45, 7) is 9.37. The molecule has 2 heteroatoms. The lowest BCUT2D eigenvalue weighted by molar-refractivity contribution is 0.661. The van der Waals surface area contributed by atoms with Gasteiger partial charge in [0.05, 0.1) is 0 Å². The minimum absolute atomic E-state index is 1.03. The van der Waals surface area contributed by atoms with Crippen LogP contribution in [0.15, 0.2) is 60.7 Å². The van der Waals surface area contributed by atoms with Gasteiger partial charge in [-0.15, -0.1) is 22.9 Å². The van der Waals surface area contributed by atoms with E-state index in [-0.39, 0.29) is 0 Å². The summed E-state index contributed by atoms with van der Waals surface area (Å²) in [5, 5.41) is 2.87. The van der Waals surface area contributed by atoms with Gasteiger partial charge >= 0.3 is 0 Å². The van der Waals surface area contributed by atoms with E-state index in [2.05, 4.69) is 110 Å². The van der Waals surface area contributed by atoms with Crippen LogP contribution >= 0.6 is 0 Å². The van der Waals surface area contributed by atoms with Crippen molar-refractivity contribution in [2.45, 2.75) is 64.7 Å². The van der Waals surface area contributed by atoms with Crippen molar-refractivity contribution >= 4 is 26.5 Å². The van der Waals surface area contributed by atoms with Gasteiger partial charge in [-0.25, -0.2) is 0 Å². The van der Waals surface area contributed by atoms with Gasteiger partial charge in [0.25, 0.3) is 0 Å². The van der Waals surface area contributed by atoms with Crippen LogP contribution in [-0.4, -0.2) is 16.1 Å². The Morgan fingerprint density at radius 3 is 1.25 bits per heavy atom. The van der Waals surface area contributed by atoms with E-state index in [4.69, 9.17) is 0 Å². The second-order valence-corrected chi connectivity index (χ2v) is 16.7. The molecular weight excluding hydrogens is 368 g/mol. The van der Waals surface area contributed by atoms with E-state index in [0.29, 0.717) is 0 Å². The molecule has 0 aromatic heterocycles. The standard InChI is InChI=1S/C26H34Si2/c1-27(2,25-19-13-11-14-20-25)23-17-9-7-5-6-8-10-18-24-28(3,4)26-21-15-12-16-22-26/h11-16,19-22H,5-10H2,1-4H3. The quantitative estimate of drug-likeness (QED) is 0.319. The first-order chi connectivity index (χ1) is 13.4. The Hall–Kier alpha value is -2.01. The number of unbranched alkanes of at least 4 members (excludes halogenated alkanes) is 5. The summed E-state index contributed by atoms with van der Waals surface area (Å²) in [7, 11) is -3.17. The van der Waals surface area contributed by atoms with Crippen molar-refractivity contribution in [3.63, 3.8) is 0 Å². The van der Waals surface area contributed by atoms with Gasteiger partial charge in [-0.3, -0.25) is 0 Å². The second-order valence-electron chi connectivity index (χ2n) is 8.50. The average Bonchev–Trinajstić information content (AvgIpc) is 2.70. The van der Waals surface area contributed by atoms with Crippen LogP contribution in [0, 0.1) is 22.9 Å². The van der Waals surface area contributed by atoms with Crippen molar-refractivity contribution in [2.24, 2.45) is 0 Å². The van der Waals surface area contributed by atoms with E-state index in [1.54, 1.807) is 0 Å². The lowest BCUT2D eigenvalue weighted by Gasteiger charge is -2.14. The molecule has 0 unspecified atom stereocenters. The van der Waals surface area contributed by atoms with Crippen molar-refractivity contribution in [1.82, 2.24) is 0 Å². The Kier molecular flexibility index (Phi) is 8.84. The predicted molar refractivity (Wildman–Crippen MR) is 130 cm³/mol. The molecular formula is C26H34Si2. The number of benzene rings is 2. The molecule has 28 heavy (non-hydrogen) atoms. The molecule has 2 aromatic rings. The summed E-state index contributed by atoms with van der Waals surface area (Å²) in [6.07, 6.45) is 7.02. The molecule has 0 fully saturated rings. The lowest BCUT2D eigenvalue weighted by atomic mass is 10.1. The Labute approximate surface area is 174 Å². The molecule has 0 aliphatic carbocycles. The zero-order chi connectivity index (χ0) is 20.3. The third-order valence-corrected chi connectivity index (χ3v) is 10.3. The maximum absolute atomic E-state index is 3.59. The van der Waals surface area contributed by atoms with Crippen LogP contribution in [0.4, 0.5) is 0 Å². The fourth-order valence-electron chi connectivity index (χ4n) is 3.20. The summed E-state index contributed by atoms with van der Waals surface area (Å²) >= 11 is 0. The summed E-state index contributed by atoms with van der Waals surface area (Å²) in [6, 6.07) is 21.6. The first-order valence-electron chi connectivity index (χ1n) is 10.5. The molecule has 2 aromatic carbocycles. The molecule has 0 spiro atoms. The Morgan fingerprint density at radius 2 is 0.893 bits per heavy atom. The van der Waals surface area contributed by atoms with Crippen LogP contribution in [0.3, 0.4) is 0 Å². The van der Waals surface area contributed by atoms with Gasteiger partial charge in [0, 0.05) is 12.8 Å². The zero-order valence-electron chi connectivity index (χ0n) is 18.0. The third-order valence-electron chi connectivity index (χ3n) is 5.15. The van der Waals surface area contributed by atoms with Gasteiger partial charge in [-0.1, -0.05) is 99.7 Å². The fraction of sp³-hybridized carbons (Fsp3) is 0.385. The predicted octanol–water partition coefficient (Wildman–Crippen LogP) is 5.64. The molecule has 0 saturated carbocycles. The average molecular weight is 403 g/mol. The second kappa shape index (κ2) is 11.1. The van der Waals surface area contributed by atoms with Gasteiger partial charge in [-0.2, -0.15) is 0 Å². The monoisotopic (exact) mass is 402 g/mol. The highest BCUT2D eigenvalue weighted by Gasteiger charge is 2.20. The summed E-state index contributed by atoms with van der Waals surface area (Å²) in [4.78, 5) is 0. The van der Waals surface area contributed by atoms with E-state index >= 15 is 0 Å². The van der Waals surface area contributed by atoms with Crippen LogP contribution in [0.25, 0.3) is 0 Å². The first-order valence-corrected chi connectivity index (χ1v) is 16.5. The molecule has 0 nitrogen and oxygen atoms in total. The van der Waals surface area contributed by atoms with Crippen molar-refractivity contribution in [1.29, 1.82) is 0 Å². The highest BCUT2D eigenvalue weighted by atomic mass is 28.3. The molecule has 0 aliphatic heterocycles. The Morgan fingerprint density at radius 1 is 0.536 bits per heavy atom. The summed E-state index contributed by atoms with van der Waals surface area (Å²) in [5.41, 5.74) is 7.18. The van der Waals surface area contributed by atoms with Crippen LogP contribution in [0.5, 0.6) is 0 Å². The number of hydrogen-bond donors (Lipinski definition) is 0. The maximum Gasteiger partial charge on any atom is 0.162 e. The van der Waals surface area contributed by atoms with Crippen molar-refractivity contribution in [3.05, 3.63) is 60.7 Å². The third kappa shape index (κ3) is 7.55. The molecule has 146 valence electrons. The highest BCUT2D eigenvalue weighted by molar-refractivity contribution is 6.96. The molecule has 0 saturated heterocycles. The molecule has 0 bridgehead atoms. The van der Waals surface area contributed by atoms with Crippen LogP contribution in [0.1, 0.15) is 38.5 Å². The molecule has 0 heterocycles. The van der Waals surface area contributed by atoms with E-state index in [1.807, 2.05) is 0 Å². The van der Waals surface area contributed by atoms with Gasteiger partial charge in [0.15, 0.2) is 16.1 Å². The van der Waals surface area contributed by atoms with E-state index in [1.165, 1.54) is 36.1 Å². The normalized spacial score (nSPS) is 11.1. The van der Waals surface area contributed by atoms with Gasteiger partial charge in [0.1, 0.15) is 0 Å². The topological polar surface area (TPSA) is 0 Å². The molecule has 0 aliphatic rings. The van der Waals surface area contributed by atoms with Crippen LogP contribution in [-0.2, 0) is 0 Å². The van der Waals surface area contributed by atoms with Gasteiger partial charge < -0.3 is 0 Å². The van der Waals surface area contributed by atoms with E-state index < -0.39 is 16.1 Å². The highest BCUT2D eigenvalue weighted by Crippen LogP contribution is 2.07. The number of rotatable bonds is 7. The minimum atomic E-state index is -1.59. The summed E-state index contributed by atoms with van der Waals surface area (Å²) in [5.74, 6) is 6.91. The molecule has 0 amide bonds. The van der Waals surface area contributed by atoms with E-state index in [9.17, 15) is 0 Å². The maximum atomic E-state index is 3.59. The Balaban J connectivity index is 1.64. The van der Waals surface area contributed by atoms with Crippen LogP contribution < -0.4 is 10.4 Å². The van der Waals surface area contributed by atoms with Crippen molar-refractivity contribution in [2.75, 3.05) is 0 Å². The molecule has 2 rings (SSSR count). The molecule has 0 atom stereocenters. The summed E-state index contributed by atoms with van der Waals surface area (Å²) < 4.78 is 0. The molecule has 0 N–H and O–H groups in total. The molecule has 0 radical (unpaired) electrons. The number of hydrogen-bond acceptors (Lipinski definition) is 0. The smallest absolute Gasteiger partial charge is 0.126 e. The first kappa shape index (κ1) is 22.3. The van der Waals surface area contributed by atoms with Gasteiger partial charge in [-0.05, 0) is 23.2 Å². The van der Waals surface area contributed by atoms with E-state index in [0.717, 1.165) is 12.8 Å². The van der Waals surface area contributed by atoms with Crippen molar-refractivity contribution < 1.29 is 0 Å². The Bertz CT molecular complexity index is 754. The van der Waals surface area contributed by atoms with Crippen LogP contribution in [0.2, 0.25) is 26.2 Å². The fourth-order valence-corrected chi connectivity index (χ4v) is 6.68. The van der Waals surface area contributed by atoms with Crippen molar-refractivity contribution in [3.8, 4) is 22.9 Å². The largest absolute Gasteiger partial charge is 0.162 e. The lowest BCUT2D eigenvalue weighted by Crippen LogP contribution is -2.39. The SMILES string of the molecule is C[Si](C)(C#CCCCCCCC#C[Si](C)(C)c1ccccc1)c1ccccc1.